The summed E-state index contributed by atoms with van der Waals surface area (Å²) in [4.78, 5) is 18.7. The van der Waals surface area contributed by atoms with E-state index < -0.39 is 17.1 Å². The highest BCUT2D eigenvalue weighted by molar-refractivity contribution is 6.31. The summed E-state index contributed by atoms with van der Waals surface area (Å²) < 4.78 is 13.3. The van der Waals surface area contributed by atoms with Crippen LogP contribution < -0.4 is 5.56 Å². The zero-order chi connectivity index (χ0) is 14.3. The fourth-order valence-corrected chi connectivity index (χ4v) is 2.12. The van der Waals surface area contributed by atoms with Crippen molar-refractivity contribution in [1.29, 1.82) is 0 Å². The minimum Gasteiger partial charge on any atom is -0.504 e. The second kappa shape index (κ2) is 4.61. The van der Waals surface area contributed by atoms with Crippen molar-refractivity contribution in [2.45, 2.75) is 0 Å². The lowest BCUT2D eigenvalue weighted by Crippen LogP contribution is -2.09. The second-order valence-electron chi connectivity index (χ2n) is 4.21. The molecule has 0 saturated heterocycles. The summed E-state index contributed by atoms with van der Waals surface area (Å²) in [6.45, 7) is 0. The number of aromatic nitrogens is 2. The highest BCUT2D eigenvalue weighted by Gasteiger charge is 2.12. The molecule has 0 saturated carbocycles. The molecule has 0 spiro atoms. The van der Waals surface area contributed by atoms with E-state index in [4.69, 9.17) is 11.6 Å². The third-order valence-corrected chi connectivity index (χ3v) is 3.14. The number of H-pyrrole nitrogens is 1. The number of para-hydroxylation sites is 1. The first-order valence-electron chi connectivity index (χ1n) is 5.73. The molecule has 0 unspecified atom stereocenters. The molecule has 3 aromatic rings. The number of benzene rings is 2. The number of nitrogens with zero attached hydrogens (tertiary/aromatic N) is 1. The van der Waals surface area contributed by atoms with Crippen LogP contribution in [0.2, 0.25) is 5.02 Å². The van der Waals surface area contributed by atoms with Gasteiger partial charge in [0.15, 0.2) is 11.6 Å². The lowest BCUT2D eigenvalue weighted by Gasteiger charge is -2.06. The van der Waals surface area contributed by atoms with Crippen LogP contribution in [0.15, 0.2) is 41.2 Å². The monoisotopic (exact) mass is 290 g/mol. The molecule has 20 heavy (non-hydrogen) atoms. The topological polar surface area (TPSA) is 66.0 Å². The molecule has 0 aliphatic heterocycles. The number of fused-ring (bicyclic) bond motifs is 1. The van der Waals surface area contributed by atoms with Gasteiger partial charge in [0.1, 0.15) is 5.82 Å². The molecule has 0 aliphatic carbocycles. The van der Waals surface area contributed by atoms with E-state index in [2.05, 4.69) is 9.97 Å². The number of hydrogen-bond donors (Lipinski definition) is 2. The van der Waals surface area contributed by atoms with Crippen LogP contribution in [0.4, 0.5) is 4.39 Å². The van der Waals surface area contributed by atoms with E-state index in [-0.39, 0.29) is 11.4 Å². The van der Waals surface area contributed by atoms with Crippen molar-refractivity contribution in [3.8, 4) is 17.1 Å². The second-order valence-corrected chi connectivity index (χ2v) is 4.65. The molecule has 4 nitrogen and oxygen atoms in total. The van der Waals surface area contributed by atoms with Crippen molar-refractivity contribution in [3.05, 3.63) is 57.6 Å². The molecule has 1 heterocycles. The first-order chi connectivity index (χ1) is 9.56. The summed E-state index contributed by atoms with van der Waals surface area (Å²) in [7, 11) is 0. The van der Waals surface area contributed by atoms with Crippen molar-refractivity contribution in [2.24, 2.45) is 0 Å². The smallest absolute Gasteiger partial charge is 0.259 e. The molecule has 0 radical (unpaired) electrons. The number of rotatable bonds is 1. The number of hydrogen-bond acceptors (Lipinski definition) is 3. The van der Waals surface area contributed by atoms with Gasteiger partial charge in [-0.25, -0.2) is 9.37 Å². The molecular formula is C14H8ClFN2O2. The molecule has 100 valence electrons. The van der Waals surface area contributed by atoms with Gasteiger partial charge in [-0.05, 0) is 30.3 Å². The van der Waals surface area contributed by atoms with E-state index >= 15 is 0 Å². The normalized spacial score (nSPS) is 10.9. The highest BCUT2D eigenvalue weighted by Crippen LogP contribution is 2.29. The summed E-state index contributed by atoms with van der Waals surface area (Å²) in [6.07, 6.45) is 0. The molecule has 0 fully saturated rings. The van der Waals surface area contributed by atoms with Crippen molar-refractivity contribution >= 4 is 22.5 Å². The molecule has 1 aromatic heterocycles. The first kappa shape index (κ1) is 12.6. The Morgan fingerprint density at radius 1 is 1.25 bits per heavy atom. The van der Waals surface area contributed by atoms with Gasteiger partial charge in [0.25, 0.3) is 5.56 Å². The summed E-state index contributed by atoms with van der Waals surface area (Å²) >= 11 is 5.82. The standard InChI is InChI=1S/C14H8ClFN2O2/c15-7-4-5-11-9(6-7)14(20)18-13(17-11)8-2-1-3-10(16)12(8)19/h1-6,19H,(H,17,18,20). The van der Waals surface area contributed by atoms with Gasteiger partial charge in [-0.1, -0.05) is 17.7 Å². The zero-order valence-electron chi connectivity index (χ0n) is 10.0. The van der Waals surface area contributed by atoms with E-state index in [1.807, 2.05) is 0 Å². The van der Waals surface area contributed by atoms with Gasteiger partial charge in [-0.15, -0.1) is 0 Å². The fraction of sp³-hybridized carbons (Fsp3) is 0. The predicted octanol–water partition coefficient (Wildman–Crippen LogP) is 3.09. The van der Waals surface area contributed by atoms with Crippen LogP contribution >= 0.6 is 11.6 Å². The van der Waals surface area contributed by atoms with Crippen LogP contribution in [-0.2, 0) is 0 Å². The maximum Gasteiger partial charge on any atom is 0.259 e. The Balaban J connectivity index is 2.31. The fourth-order valence-electron chi connectivity index (χ4n) is 1.94. The number of aromatic amines is 1. The lowest BCUT2D eigenvalue weighted by atomic mass is 10.1. The van der Waals surface area contributed by atoms with E-state index in [1.54, 1.807) is 12.1 Å². The Morgan fingerprint density at radius 3 is 2.85 bits per heavy atom. The Hall–Kier alpha value is -2.40. The number of phenols is 1. The molecule has 0 amide bonds. The van der Waals surface area contributed by atoms with E-state index in [0.717, 1.165) is 6.07 Å². The van der Waals surface area contributed by atoms with Gasteiger partial charge in [-0.3, -0.25) is 4.79 Å². The average molecular weight is 291 g/mol. The van der Waals surface area contributed by atoms with Crippen LogP contribution in [-0.4, -0.2) is 15.1 Å². The predicted molar refractivity (Wildman–Crippen MR) is 74.4 cm³/mol. The van der Waals surface area contributed by atoms with Crippen molar-refractivity contribution in [3.63, 3.8) is 0 Å². The molecule has 2 N–H and O–H groups in total. The number of aromatic hydroxyl groups is 1. The third kappa shape index (κ3) is 2.02. The number of halogens is 2. The minimum absolute atomic E-state index is 0.0989. The Labute approximate surface area is 117 Å². The molecular weight excluding hydrogens is 283 g/mol. The van der Waals surface area contributed by atoms with Crippen molar-refractivity contribution < 1.29 is 9.50 Å². The van der Waals surface area contributed by atoms with Crippen LogP contribution in [0.25, 0.3) is 22.3 Å². The van der Waals surface area contributed by atoms with Crippen molar-refractivity contribution in [1.82, 2.24) is 9.97 Å². The first-order valence-corrected chi connectivity index (χ1v) is 6.11. The molecule has 0 atom stereocenters. The van der Waals surface area contributed by atoms with Gasteiger partial charge in [-0.2, -0.15) is 0 Å². The third-order valence-electron chi connectivity index (χ3n) is 2.91. The van der Waals surface area contributed by atoms with E-state index in [1.165, 1.54) is 18.2 Å². The highest BCUT2D eigenvalue weighted by atomic mass is 35.5. The van der Waals surface area contributed by atoms with Crippen LogP contribution in [0.3, 0.4) is 0 Å². The lowest BCUT2D eigenvalue weighted by molar-refractivity contribution is 0.434. The zero-order valence-corrected chi connectivity index (χ0v) is 10.8. The molecule has 6 heteroatoms. The van der Waals surface area contributed by atoms with Gasteiger partial charge in [0, 0.05) is 5.02 Å². The SMILES string of the molecule is O=c1[nH]c(-c2cccc(F)c2O)nc2ccc(Cl)cc12. The van der Waals surface area contributed by atoms with Crippen LogP contribution in [0.1, 0.15) is 0 Å². The maximum atomic E-state index is 13.3. The molecule has 0 bridgehead atoms. The quantitative estimate of drug-likeness (QED) is 0.724. The van der Waals surface area contributed by atoms with E-state index in [0.29, 0.717) is 15.9 Å². The van der Waals surface area contributed by atoms with E-state index in [9.17, 15) is 14.3 Å². The summed E-state index contributed by atoms with van der Waals surface area (Å²) in [5, 5.41) is 10.5. The van der Waals surface area contributed by atoms with Gasteiger partial charge < -0.3 is 10.1 Å². The maximum absolute atomic E-state index is 13.3. The molecule has 3 rings (SSSR count). The summed E-state index contributed by atoms with van der Waals surface area (Å²) in [5.41, 5.74) is 0.131. The Bertz CT molecular complexity index is 877. The largest absolute Gasteiger partial charge is 0.504 e. The Morgan fingerprint density at radius 2 is 2.05 bits per heavy atom. The van der Waals surface area contributed by atoms with Crippen molar-refractivity contribution in [2.75, 3.05) is 0 Å². The average Bonchev–Trinajstić information content (AvgIpc) is 2.42. The van der Waals surface area contributed by atoms with Gasteiger partial charge in [0.2, 0.25) is 0 Å². The number of phenolic OH excluding ortho intramolecular Hbond substituents is 1. The Kier molecular flexibility index (Phi) is 2.91. The molecule has 2 aromatic carbocycles. The van der Waals surface area contributed by atoms with Crippen LogP contribution in [0.5, 0.6) is 5.75 Å². The summed E-state index contributed by atoms with van der Waals surface area (Å²) in [5.74, 6) is -1.23. The van der Waals surface area contributed by atoms with Gasteiger partial charge in [0.05, 0.1) is 16.5 Å². The van der Waals surface area contributed by atoms with Crippen LogP contribution in [0, 0.1) is 5.82 Å². The summed E-state index contributed by atoms with van der Waals surface area (Å²) in [6, 6.07) is 8.71. The molecule has 0 aliphatic rings. The van der Waals surface area contributed by atoms with Gasteiger partial charge >= 0.3 is 0 Å². The minimum atomic E-state index is -0.777. The number of nitrogens with one attached hydrogen (secondary N) is 1.